The van der Waals surface area contributed by atoms with Crippen LogP contribution in [0.3, 0.4) is 0 Å². The molecule has 3 nitrogen and oxygen atoms in total. The lowest BCUT2D eigenvalue weighted by atomic mass is 9.71. The van der Waals surface area contributed by atoms with Crippen molar-refractivity contribution in [1.82, 2.24) is 4.90 Å². The fraction of sp³-hybridized carbons (Fsp3) is 0.278. The predicted octanol–water partition coefficient (Wildman–Crippen LogP) is 3.73. The van der Waals surface area contributed by atoms with Gasteiger partial charge in [0.2, 0.25) is 0 Å². The molecular weight excluding hydrogens is 262 g/mol. The van der Waals surface area contributed by atoms with Crippen LogP contribution >= 0.6 is 0 Å². The van der Waals surface area contributed by atoms with E-state index in [-0.39, 0.29) is 5.41 Å². The van der Waals surface area contributed by atoms with Crippen LogP contribution < -0.4 is 0 Å². The lowest BCUT2D eigenvalue weighted by Gasteiger charge is -2.39. The molecule has 1 aliphatic heterocycles. The summed E-state index contributed by atoms with van der Waals surface area (Å²) in [5.41, 5.74) is 5.38. The maximum absolute atomic E-state index is 11.2. The normalized spacial score (nSPS) is 18.4. The molecule has 21 heavy (non-hydrogen) atoms. The lowest BCUT2D eigenvalue weighted by Crippen LogP contribution is -2.44. The molecular formula is C18H17NO2. The van der Waals surface area contributed by atoms with Crippen LogP contribution in [-0.4, -0.2) is 29.2 Å². The maximum atomic E-state index is 11.2. The Kier molecular flexibility index (Phi) is 2.58. The summed E-state index contributed by atoms with van der Waals surface area (Å²) in [5.74, 6) is 0. The van der Waals surface area contributed by atoms with Crippen LogP contribution in [0.5, 0.6) is 0 Å². The highest BCUT2D eigenvalue weighted by molar-refractivity contribution is 5.81. The van der Waals surface area contributed by atoms with Crippen molar-refractivity contribution in [2.24, 2.45) is 0 Å². The van der Waals surface area contributed by atoms with Crippen LogP contribution in [0.2, 0.25) is 0 Å². The minimum absolute atomic E-state index is 0.000856. The molecule has 0 bridgehead atoms. The summed E-state index contributed by atoms with van der Waals surface area (Å²) in [7, 11) is 0. The second-order valence-electron chi connectivity index (χ2n) is 5.94. The molecule has 1 spiro atoms. The van der Waals surface area contributed by atoms with E-state index in [0.717, 1.165) is 12.8 Å². The summed E-state index contributed by atoms with van der Waals surface area (Å²) in [6, 6.07) is 17.2. The summed E-state index contributed by atoms with van der Waals surface area (Å²) < 4.78 is 0. The number of carbonyl (C=O) groups is 1. The lowest BCUT2D eigenvalue weighted by molar-refractivity contribution is 0.123. The van der Waals surface area contributed by atoms with Gasteiger partial charge in [-0.3, -0.25) is 0 Å². The Hall–Kier alpha value is -2.29. The van der Waals surface area contributed by atoms with E-state index in [2.05, 4.69) is 48.5 Å². The average Bonchev–Trinajstić information content (AvgIpc) is 2.80. The molecule has 2 aromatic rings. The number of fused-ring (bicyclic) bond motifs is 5. The van der Waals surface area contributed by atoms with Gasteiger partial charge in [-0.1, -0.05) is 48.5 Å². The molecule has 106 valence electrons. The average molecular weight is 279 g/mol. The molecule has 1 N–H and O–H groups in total. The van der Waals surface area contributed by atoms with Gasteiger partial charge in [0, 0.05) is 18.5 Å². The van der Waals surface area contributed by atoms with E-state index in [1.807, 2.05) is 0 Å². The second kappa shape index (κ2) is 4.35. The first-order chi connectivity index (χ1) is 10.2. The van der Waals surface area contributed by atoms with Gasteiger partial charge in [-0.05, 0) is 35.1 Å². The van der Waals surface area contributed by atoms with Gasteiger partial charge in [0.1, 0.15) is 0 Å². The standard InChI is InChI=1S/C18H17NO2/c20-17(21)19-11-9-18(10-12-19)15-7-3-1-5-13(15)14-6-2-4-8-16(14)18/h1-8H,9-12H2,(H,20,21). The molecule has 0 saturated carbocycles. The Labute approximate surface area is 123 Å². The van der Waals surface area contributed by atoms with Crippen LogP contribution in [0.4, 0.5) is 4.79 Å². The minimum atomic E-state index is -0.801. The second-order valence-corrected chi connectivity index (χ2v) is 5.94. The summed E-state index contributed by atoms with van der Waals surface area (Å²) in [6.07, 6.45) is 0.935. The molecule has 3 heteroatoms. The van der Waals surface area contributed by atoms with E-state index in [9.17, 15) is 9.90 Å². The van der Waals surface area contributed by atoms with Crippen molar-refractivity contribution in [1.29, 1.82) is 0 Å². The number of carboxylic acid groups (broad SMARTS) is 1. The van der Waals surface area contributed by atoms with Crippen molar-refractivity contribution in [2.45, 2.75) is 18.3 Å². The number of amides is 1. The Morgan fingerprint density at radius 2 is 1.38 bits per heavy atom. The first-order valence-electron chi connectivity index (χ1n) is 7.40. The smallest absolute Gasteiger partial charge is 0.407 e. The molecule has 1 amide bonds. The third kappa shape index (κ3) is 1.63. The predicted molar refractivity (Wildman–Crippen MR) is 81.5 cm³/mol. The number of hydrogen-bond donors (Lipinski definition) is 1. The molecule has 1 heterocycles. The number of benzene rings is 2. The van der Waals surface area contributed by atoms with E-state index in [1.165, 1.54) is 27.2 Å². The molecule has 2 aromatic carbocycles. The molecule has 0 aromatic heterocycles. The van der Waals surface area contributed by atoms with Gasteiger partial charge >= 0.3 is 6.09 Å². The van der Waals surface area contributed by atoms with Crippen molar-refractivity contribution >= 4 is 6.09 Å². The number of hydrogen-bond acceptors (Lipinski definition) is 1. The Morgan fingerprint density at radius 1 is 0.905 bits per heavy atom. The van der Waals surface area contributed by atoms with E-state index in [1.54, 1.807) is 0 Å². The minimum Gasteiger partial charge on any atom is -0.465 e. The van der Waals surface area contributed by atoms with Crippen molar-refractivity contribution in [3.63, 3.8) is 0 Å². The molecule has 0 unspecified atom stereocenters. The number of likely N-dealkylation sites (tertiary alicyclic amines) is 1. The summed E-state index contributed by atoms with van der Waals surface area (Å²) >= 11 is 0. The molecule has 0 atom stereocenters. The summed E-state index contributed by atoms with van der Waals surface area (Å²) in [4.78, 5) is 12.7. The van der Waals surface area contributed by atoms with E-state index in [0.29, 0.717) is 13.1 Å². The number of nitrogens with zero attached hydrogens (tertiary/aromatic N) is 1. The molecule has 1 saturated heterocycles. The molecule has 0 radical (unpaired) electrons. The zero-order chi connectivity index (χ0) is 14.4. The third-order valence-electron chi connectivity index (χ3n) is 5.06. The summed E-state index contributed by atoms with van der Waals surface area (Å²) in [5, 5.41) is 9.19. The Bertz CT molecular complexity index is 667. The first kappa shape index (κ1) is 12.5. The van der Waals surface area contributed by atoms with Crippen LogP contribution in [-0.2, 0) is 5.41 Å². The first-order valence-corrected chi connectivity index (χ1v) is 7.40. The molecule has 4 rings (SSSR count). The van der Waals surface area contributed by atoms with Gasteiger partial charge in [-0.25, -0.2) is 4.79 Å². The highest BCUT2D eigenvalue weighted by Crippen LogP contribution is 2.53. The highest BCUT2D eigenvalue weighted by Gasteiger charge is 2.45. The van der Waals surface area contributed by atoms with Crippen molar-refractivity contribution in [3.8, 4) is 11.1 Å². The van der Waals surface area contributed by atoms with Crippen LogP contribution in [0.1, 0.15) is 24.0 Å². The fourth-order valence-electron chi connectivity index (χ4n) is 4.03. The van der Waals surface area contributed by atoms with Gasteiger partial charge in [0.25, 0.3) is 0 Å². The molecule has 1 fully saturated rings. The van der Waals surface area contributed by atoms with Crippen LogP contribution in [0.15, 0.2) is 48.5 Å². The molecule has 1 aliphatic carbocycles. The van der Waals surface area contributed by atoms with Gasteiger partial charge in [-0.2, -0.15) is 0 Å². The third-order valence-corrected chi connectivity index (χ3v) is 5.06. The monoisotopic (exact) mass is 279 g/mol. The topological polar surface area (TPSA) is 40.5 Å². The maximum Gasteiger partial charge on any atom is 0.407 e. The molecule has 2 aliphatic rings. The van der Waals surface area contributed by atoms with Crippen LogP contribution in [0.25, 0.3) is 11.1 Å². The van der Waals surface area contributed by atoms with E-state index in [4.69, 9.17) is 0 Å². The van der Waals surface area contributed by atoms with Crippen molar-refractivity contribution in [3.05, 3.63) is 59.7 Å². The van der Waals surface area contributed by atoms with Gasteiger partial charge in [-0.15, -0.1) is 0 Å². The van der Waals surface area contributed by atoms with Crippen molar-refractivity contribution < 1.29 is 9.90 Å². The summed E-state index contributed by atoms with van der Waals surface area (Å²) in [6.45, 7) is 1.22. The van der Waals surface area contributed by atoms with Gasteiger partial charge in [0.15, 0.2) is 0 Å². The SMILES string of the molecule is O=C(O)N1CCC2(CC1)c1ccccc1-c1ccccc12. The van der Waals surface area contributed by atoms with E-state index < -0.39 is 6.09 Å². The zero-order valence-corrected chi connectivity index (χ0v) is 11.7. The van der Waals surface area contributed by atoms with E-state index >= 15 is 0 Å². The largest absolute Gasteiger partial charge is 0.465 e. The Balaban J connectivity index is 1.84. The number of rotatable bonds is 0. The Morgan fingerprint density at radius 3 is 1.86 bits per heavy atom. The van der Waals surface area contributed by atoms with Crippen LogP contribution in [0, 0.1) is 0 Å². The highest BCUT2D eigenvalue weighted by atomic mass is 16.4. The van der Waals surface area contributed by atoms with Crippen molar-refractivity contribution in [2.75, 3.05) is 13.1 Å². The quantitative estimate of drug-likeness (QED) is 0.798. The number of piperidine rings is 1. The van der Waals surface area contributed by atoms with Gasteiger partial charge < -0.3 is 10.0 Å². The fourth-order valence-corrected chi connectivity index (χ4v) is 4.03. The van der Waals surface area contributed by atoms with Gasteiger partial charge in [0.05, 0.1) is 0 Å². The zero-order valence-electron chi connectivity index (χ0n) is 11.7.